The zero-order chi connectivity index (χ0) is 20.2. The lowest BCUT2D eigenvalue weighted by Gasteiger charge is -2.08. The molecular weight excluding hydrogens is 365 g/mol. The van der Waals surface area contributed by atoms with E-state index < -0.39 is 0 Å². The lowest BCUT2D eigenvalue weighted by atomic mass is 10.1. The zero-order valence-electron chi connectivity index (χ0n) is 16.2. The molecule has 2 heterocycles. The van der Waals surface area contributed by atoms with Crippen LogP contribution >= 0.6 is 0 Å². The van der Waals surface area contributed by atoms with Crippen LogP contribution < -0.4 is 5.32 Å². The molecule has 1 amide bonds. The number of pyridine rings is 1. The van der Waals surface area contributed by atoms with Crippen molar-refractivity contribution in [3.8, 4) is 11.3 Å². The molecule has 4 aromatic rings. The molecule has 0 aliphatic heterocycles. The van der Waals surface area contributed by atoms with Crippen molar-refractivity contribution in [1.29, 1.82) is 0 Å². The Morgan fingerprint density at radius 3 is 2.52 bits per heavy atom. The van der Waals surface area contributed by atoms with E-state index in [1.165, 1.54) is 17.7 Å². The minimum atomic E-state index is -0.285. The summed E-state index contributed by atoms with van der Waals surface area (Å²) in [6.45, 7) is 2.10. The number of halogens is 1. The minimum Gasteiger partial charge on any atom is -0.326 e. The summed E-state index contributed by atoms with van der Waals surface area (Å²) < 4.78 is 15.3. The fourth-order valence-electron chi connectivity index (χ4n) is 3.40. The fraction of sp³-hybridized carbons (Fsp3) is 0.167. The van der Waals surface area contributed by atoms with Crippen molar-refractivity contribution in [2.45, 2.75) is 26.2 Å². The SMILES string of the molecule is CCc1ccc(NC(=O)CCc2c(-c3ccc(F)cc3)nc3ccccn23)cc1. The van der Waals surface area contributed by atoms with E-state index in [0.29, 0.717) is 12.8 Å². The molecule has 0 atom stereocenters. The van der Waals surface area contributed by atoms with Gasteiger partial charge >= 0.3 is 0 Å². The van der Waals surface area contributed by atoms with Crippen molar-refractivity contribution in [3.63, 3.8) is 0 Å². The second-order valence-corrected chi connectivity index (χ2v) is 6.94. The molecule has 4 rings (SSSR count). The Morgan fingerprint density at radius 2 is 1.79 bits per heavy atom. The number of aromatic nitrogens is 2. The van der Waals surface area contributed by atoms with Gasteiger partial charge in [0, 0.05) is 23.9 Å². The highest BCUT2D eigenvalue weighted by molar-refractivity contribution is 5.91. The topological polar surface area (TPSA) is 46.4 Å². The number of benzene rings is 2. The lowest BCUT2D eigenvalue weighted by Crippen LogP contribution is -2.13. The number of aryl methyl sites for hydroxylation is 2. The van der Waals surface area contributed by atoms with Crippen LogP contribution in [-0.2, 0) is 17.6 Å². The average Bonchev–Trinajstić information content (AvgIpc) is 3.12. The Labute approximate surface area is 169 Å². The fourth-order valence-corrected chi connectivity index (χ4v) is 3.40. The Hall–Kier alpha value is -3.47. The molecule has 0 saturated carbocycles. The third-order valence-corrected chi connectivity index (χ3v) is 4.98. The van der Waals surface area contributed by atoms with Gasteiger partial charge in [-0.3, -0.25) is 4.79 Å². The maximum absolute atomic E-state index is 13.3. The van der Waals surface area contributed by atoms with Crippen LogP contribution in [0, 0.1) is 5.82 Å². The average molecular weight is 387 g/mol. The number of carbonyl (C=O) groups is 1. The van der Waals surface area contributed by atoms with Gasteiger partial charge in [-0.25, -0.2) is 9.37 Å². The van der Waals surface area contributed by atoms with Crippen molar-refractivity contribution in [1.82, 2.24) is 9.38 Å². The molecule has 0 bridgehead atoms. The van der Waals surface area contributed by atoms with Gasteiger partial charge in [-0.1, -0.05) is 25.1 Å². The van der Waals surface area contributed by atoms with E-state index in [-0.39, 0.29) is 11.7 Å². The first-order valence-electron chi connectivity index (χ1n) is 9.74. The van der Waals surface area contributed by atoms with Gasteiger partial charge in [0.15, 0.2) is 0 Å². The van der Waals surface area contributed by atoms with Crippen LogP contribution in [0.1, 0.15) is 24.6 Å². The summed E-state index contributed by atoms with van der Waals surface area (Å²) in [4.78, 5) is 17.2. The number of carbonyl (C=O) groups excluding carboxylic acids is 1. The van der Waals surface area contributed by atoms with Crippen molar-refractivity contribution in [2.24, 2.45) is 0 Å². The van der Waals surface area contributed by atoms with Gasteiger partial charge in [0.05, 0.1) is 11.4 Å². The monoisotopic (exact) mass is 387 g/mol. The Bertz CT molecular complexity index is 1130. The molecular formula is C24H22FN3O. The van der Waals surface area contributed by atoms with Crippen molar-refractivity contribution >= 4 is 17.2 Å². The third kappa shape index (κ3) is 4.19. The number of nitrogens with zero attached hydrogens (tertiary/aromatic N) is 2. The maximum Gasteiger partial charge on any atom is 0.224 e. The van der Waals surface area contributed by atoms with Gasteiger partial charge in [0.1, 0.15) is 11.5 Å². The van der Waals surface area contributed by atoms with Crippen LogP contribution in [0.15, 0.2) is 72.9 Å². The van der Waals surface area contributed by atoms with Crippen molar-refractivity contribution < 1.29 is 9.18 Å². The molecule has 0 aliphatic rings. The molecule has 2 aromatic carbocycles. The molecule has 0 spiro atoms. The summed E-state index contributed by atoms with van der Waals surface area (Å²) in [7, 11) is 0. The van der Waals surface area contributed by atoms with Crippen LogP contribution in [0.4, 0.5) is 10.1 Å². The van der Waals surface area contributed by atoms with Crippen LogP contribution in [0.25, 0.3) is 16.9 Å². The highest BCUT2D eigenvalue weighted by Gasteiger charge is 2.15. The predicted molar refractivity (Wildman–Crippen MR) is 113 cm³/mol. The van der Waals surface area contributed by atoms with E-state index in [4.69, 9.17) is 4.98 Å². The molecule has 2 aromatic heterocycles. The molecule has 0 aliphatic carbocycles. The van der Waals surface area contributed by atoms with Gasteiger partial charge in [0.2, 0.25) is 5.91 Å². The summed E-state index contributed by atoms with van der Waals surface area (Å²) in [5.74, 6) is -0.335. The van der Waals surface area contributed by atoms with Crippen molar-refractivity contribution in [3.05, 3.63) is 90.0 Å². The predicted octanol–water partition coefficient (Wildman–Crippen LogP) is 5.27. The number of amides is 1. The van der Waals surface area contributed by atoms with Gasteiger partial charge < -0.3 is 9.72 Å². The first-order valence-corrected chi connectivity index (χ1v) is 9.74. The van der Waals surface area contributed by atoms with Gasteiger partial charge in [-0.15, -0.1) is 0 Å². The van der Waals surface area contributed by atoms with E-state index in [1.807, 2.05) is 53.1 Å². The summed E-state index contributed by atoms with van der Waals surface area (Å²) in [5, 5.41) is 2.95. The number of hydrogen-bond donors (Lipinski definition) is 1. The molecule has 1 N–H and O–H groups in total. The quantitative estimate of drug-likeness (QED) is 0.490. The summed E-state index contributed by atoms with van der Waals surface area (Å²) in [5.41, 5.74) is 5.37. The van der Waals surface area contributed by atoms with Gasteiger partial charge in [0.25, 0.3) is 0 Å². The largest absolute Gasteiger partial charge is 0.326 e. The second-order valence-electron chi connectivity index (χ2n) is 6.94. The van der Waals surface area contributed by atoms with E-state index in [9.17, 15) is 9.18 Å². The normalized spacial score (nSPS) is 11.0. The summed E-state index contributed by atoms with van der Waals surface area (Å²) in [6.07, 6.45) is 3.75. The highest BCUT2D eigenvalue weighted by atomic mass is 19.1. The van der Waals surface area contributed by atoms with Crippen LogP contribution in [0.3, 0.4) is 0 Å². The Balaban J connectivity index is 1.55. The number of hydrogen-bond acceptors (Lipinski definition) is 2. The van der Waals surface area contributed by atoms with Gasteiger partial charge in [-0.05, 0) is 66.9 Å². The molecule has 0 unspecified atom stereocenters. The Morgan fingerprint density at radius 1 is 1.03 bits per heavy atom. The number of nitrogens with one attached hydrogen (secondary N) is 1. The van der Waals surface area contributed by atoms with Crippen LogP contribution in [0.5, 0.6) is 0 Å². The summed E-state index contributed by atoms with van der Waals surface area (Å²) >= 11 is 0. The molecule has 29 heavy (non-hydrogen) atoms. The van der Waals surface area contributed by atoms with E-state index in [2.05, 4.69) is 12.2 Å². The molecule has 0 fully saturated rings. The van der Waals surface area contributed by atoms with Gasteiger partial charge in [-0.2, -0.15) is 0 Å². The van der Waals surface area contributed by atoms with Crippen LogP contribution in [0.2, 0.25) is 0 Å². The van der Waals surface area contributed by atoms with Crippen LogP contribution in [-0.4, -0.2) is 15.3 Å². The van der Waals surface area contributed by atoms with E-state index in [1.54, 1.807) is 12.1 Å². The van der Waals surface area contributed by atoms with Crippen molar-refractivity contribution in [2.75, 3.05) is 5.32 Å². The second kappa shape index (κ2) is 8.27. The Kier molecular flexibility index (Phi) is 5.38. The minimum absolute atomic E-state index is 0.0508. The molecule has 146 valence electrons. The molecule has 4 nitrogen and oxygen atoms in total. The molecule has 0 saturated heterocycles. The zero-order valence-corrected chi connectivity index (χ0v) is 16.2. The smallest absolute Gasteiger partial charge is 0.224 e. The number of anilines is 1. The number of fused-ring (bicyclic) bond motifs is 1. The molecule has 5 heteroatoms. The highest BCUT2D eigenvalue weighted by Crippen LogP contribution is 2.26. The lowest BCUT2D eigenvalue weighted by molar-refractivity contribution is -0.116. The first-order chi connectivity index (χ1) is 14.1. The third-order valence-electron chi connectivity index (χ3n) is 4.98. The number of rotatable bonds is 6. The van der Waals surface area contributed by atoms with E-state index in [0.717, 1.165) is 34.7 Å². The maximum atomic E-state index is 13.3. The number of imidazole rings is 1. The standard InChI is InChI=1S/C24H22FN3O/c1-2-17-6-12-20(13-7-17)26-23(29)15-14-21-24(18-8-10-19(25)11-9-18)27-22-5-3-4-16-28(21)22/h3-13,16H,2,14-15H2,1H3,(H,26,29). The van der Waals surface area contributed by atoms with E-state index >= 15 is 0 Å². The summed E-state index contributed by atoms with van der Waals surface area (Å²) in [6, 6.07) is 20.0. The first kappa shape index (κ1) is 18.9. The molecule has 0 radical (unpaired) electrons.